The van der Waals surface area contributed by atoms with E-state index in [0.717, 1.165) is 12.8 Å². The summed E-state index contributed by atoms with van der Waals surface area (Å²) in [5.74, 6) is -0.510. The van der Waals surface area contributed by atoms with E-state index in [2.05, 4.69) is 11.3 Å². The summed E-state index contributed by atoms with van der Waals surface area (Å²) < 4.78 is 10.2. The van der Waals surface area contributed by atoms with Gasteiger partial charge in [-0.25, -0.2) is 9.69 Å². The molecule has 0 aliphatic carbocycles. The van der Waals surface area contributed by atoms with Crippen LogP contribution in [-0.2, 0) is 19.1 Å². The lowest BCUT2D eigenvalue weighted by Crippen LogP contribution is -2.55. The van der Waals surface area contributed by atoms with E-state index < -0.39 is 17.2 Å². The molecule has 6 heteroatoms. The third-order valence-corrected chi connectivity index (χ3v) is 4.36. The monoisotopic (exact) mass is 353 g/mol. The number of carbonyl (C=O) groups excluding carboxylic acids is 3. The fourth-order valence-electron chi connectivity index (χ4n) is 3.29. The Kier molecular flexibility index (Phi) is 7.64. The van der Waals surface area contributed by atoms with Gasteiger partial charge in [-0.05, 0) is 52.9 Å². The van der Waals surface area contributed by atoms with Gasteiger partial charge < -0.3 is 9.47 Å². The molecule has 1 saturated heterocycles. The first-order valence-electron chi connectivity index (χ1n) is 8.89. The second-order valence-corrected chi connectivity index (χ2v) is 7.56. The van der Waals surface area contributed by atoms with E-state index in [1.54, 1.807) is 26.8 Å². The zero-order valence-electron chi connectivity index (χ0n) is 15.9. The van der Waals surface area contributed by atoms with Gasteiger partial charge in [-0.15, -0.1) is 6.58 Å². The van der Waals surface area contributed by atoms with E-state index in [4.69, 9.17) is 4.74 Å². The normalized spacial score (nSPS) is 21.4. The molecule has 0 spiro atoms. The maximum atomic E-state index is 12.8. The molecule has 1 heterocycles. The third-order valence-electron chi connectivity index (χ3n) is 4.36. The number of methoxy groups -OCH3 is 1. The minimum absolute atomic E-state index is 0.216. The molecule has 1 unspecified atom stereocenters. The Morgan fingerprint density at radius 2 is 2.00 bits per heavy atom. The molecule has 0 bridgehead atoms. The van der Waals surface area contributed by atoms with Crippen LogP contribution in [0.2, 0.25) is 0 Å². The summed E-state index contributed by atoms with van der Waals surface area (Å²) in [5, 5.41) is 0. The SMILES string of the molecule is C=CCC1(CCCC(=O)OC)CCCCC(=O)N1C(=O)OC(C)(C)C. The van der Waals surface area contributed by atoms with Crippen molar-refractivity contribution in [2.75, 3.05) is 7.11 Å². The molecule has 0 aromatic heterocycles. The van der Waals surface area contributed by atoms with Gasteiger partial charge in [-0.2, -0.15) is 0 Å². The highest BCUT2D eigenvalue weighted by Gasteiger charge is 2.45. The first-order valence-corrected chi connectivity index (χ1v) is 8.89. The van der Waals surface area contributed by atoms with Gasteiger partial charge in [-0.1, -0.05) is 12.5 Å². The smallest absolute Gasteiger partial charge is 0.417 e. The highest BCUT2D eigenvalue weighted by atomic mass is 16.6. The molecular formula is C19H31NO5. The van der Waals surface area contributed by atoms with Gasteiger partial charge in [0, 0.05) is 12.8 Å². The van der Waals surface area contributed by atoms with Crippen molar-refractivity contribution in [2.24, 2.45) is 0 Å². The zero-order chi connectivity index (χ0) is 19.1. The number of nitrogens with zero attached hydrogens (tertiary/aromatic N) is 1. The van der Waals surface area contributed by atoms with E-state index in [-0.39, 0.29) is 18.3 Å². The van der Waals surface area contributed by atoms with Crippen LogP contribution in [0.25, 0.3) is 0 Å². The standard InChI is InChI=1S/C19H31NO5/c1-6-12-19(14-9-11-16(22)24-5)13-8-7-10-15(21)20(19)17(23)25-18(2,3)4/h6H,1,7-14H2,2-5H3. The molecule has 0 aromatic carbocycles. The Bertz CT molecular complexity index is 508. The van der Waals surface area contributed by atoms with Crippen molar-refractivity contribution in [3.05, 3.63) is 12.7 Å². The van der Waals surface area contributed by atoms with Crippen LogP contribution in [0, 0.1) is 0 Å². The molecule has 0 radical (unpaired) electrons. The van der Waals surface area contributed by atoms with Gasteiger partial charge in [0.05, 0.1) is 12.6 Å². The van der Waals surface area contributed by atoms with E-state index in [9.17, 15) is 14.4 Å². The topological polar surface area (TPSA) is 72.9 Å². The third kappa shape index (κ3) is 6.18. The lowest BCUT2D eigenvalue weighted by Gasteiger charge is -2.41. The Morgan fingerprint density at radius 1 is 1.32 bits per heavy atom. The van der Waals surface area contributed by atoms with Crippen LogP contribution in [0.5, 0.6) is 0 Å². The van der Waals surface area contributed by atoms with Crippen molar-refractivity contribution in [1.29, 1.82) is 0 Å². The Balaban J connectivity index is 3.10. The number of amides is 2. The first kappa shape index (κ1) is 21.2. The molecule has 1 atom stereocenters. The van der Waals surface area contributed by atoms with Crippen LogP contribution < -0.4 is 0 Å². The van der Waals surface area contributed by atoms with E-state index in [1.807, 2.05) is 0 Å². The minimum atomic E-state index is -0.689. The van der Waals surface area contributed by atoms with Gasteiger partial charge in [-0.3, -0.25) is 9.59 Å². The number of imide groups is 1. The zero-order valence-corrected chi connectivity index (χ0v) is 15.9. The Labute approximate surface area is 150 Å². The highest BCUT2D eigenvalue weighted by molar-refractivity contribution is 5.93. The fourth-order valence-corrected chi connectivity index (χ4v) is 3.29. The van der Waals surface area contributed by atoms with Gasteiger partial charge >= 0.3 is 12.1 Å². The molecule has 1 aliphatic rings. The van der Waals surface area contributed by atoms with Crippen molar-refractivity contribution >= 4 is 18.0 Å². The summed E-state index contributed by atoms with van der Waals surface area (Å²) in [6.45, 7) is 9.13. The molecule has 1 aliphatic heterocycles. The molecule has 0 aromatic rings. The molecule has 25 heavy (non-hydrogen) atoms. The van der Waals surface area contributed by atoms with Crippen LogP contribution in [0.15, 0.2) is 12.7 Å². The molecular weight excluding hydrogens is 322 g/mol. The summed E-state index contributed by atoms with van der Waals surface area (Å²) >= 11 is 0. The second-order valence-electron chi connectivity index (χ2n) is 7.56. The van der Waals surface area contributed by atoms with Crippen LogP contribution in [0.1, 0.15) is 72.1 Å². The van der Waals surface area contributed by atoms with E-state index in [1.165, 1.54) is 12.0 Å². The second kappa shape index (κ2) is 9.02. The van der Waals surface area contributed by atoms with Crippen molar-refractivity contribution in [1.82, 2.24) is 4.90 Å². The van der Waals surface area contributed by atoms with E-state index >= 15 is 0 Å². The van der Waals surface area contributed by atoms with Crippen molar-refractivity contribution in [3.63, 3.8) is 0 Å². The molecule has 142 valence electrons. The van der Waals surface area contributed by atoms with Gasteiger partial charge in [0.1, 0.15) is 5.60 Å². The fraction of sp³-hybridized carbons (Fsp3) is 0.737. The molecule has 0 N–H and O–H groups in total. The number of esters is 1. The number of hydrogen-bond donors (Lipinski definition) is 0. The quantitative estimate of drug-likeness (QED) is 0.533. The number of rotatable bonds is 6. The molecule has 0 saturated carbocycles. The Hall–Kier alpha value is -1.85. The number of likely N-dealkylation sites (tertiary alicyclic amines) is 1. The summed E-state index contributed by atoms with van der Waals surface area (Å²) in [7, 11) is 1.35. The first-order chi connectivity index (χ1) is 11.6. The van der Waals surface area contributed by atoms with Crippen molar-refractivity contribution in [3.8, 4) is 0 Å². The maximum absolute atomic E-state index is 12.8. The lowest BCUT2D eigenvalue weighted by atomic mass is 9.83. The number of ether oxygens (including phenoxy) is 2. The van der Waals surface area contributed by atoms with Gasteiger partial charge in [0.25, 0.3) is 0 Å². The predicted molar refractivity (Wildman–Crippen MR) is 95.0 cm³/mol. The predicted octanol–water partition coefficient (Wildman–Crippen LogP) is 3.98. The number of hydrogen-bond acceptors (Lipinski definition) is 5. The van der Waals surface area contributed by atoms with E-state index in [0.29, 0.717) is 32.1 Å². The highest BCUT2D eigenvalue weighted by Crippen LogP contribution is 2.37. The lowest BCUT2D eigenvalue weighted by molar-refractivity contribution is -0.140. The average molecular weight is 353 g/mol. The minimum Gasteiger partial charge on any atom is -0.469 e. The van der Waals surface area contributed by atoms with Crippen LogP contribution in [0.4, 0.5) is 4.79 Å². The molecule has 2 amide bonds. The van der Waals surface area contributed by atoms with Gasteiger partial charge in [0.15, 0.2) is 0 Å². The molecule has 6 nitrogen and oxygen atoms in total. The number of carbonyl (C=O) groups is 3. The summed E-state index contributed by atoms with van der Waals surface area (Å²) in [5.41, 5.74) is -1.37. The Morgan fingerprint density at radius 3 is 2.56 bits per heavy atom. The van der Waals surface area contributed by atoms with Gasteiger partial charge in [0.2, 0.25) is 5.91 Å². The summed E-state index contributed by atoms with van der Waals surface area (Å²) in [6, 6.07) is 0. The maximum Gasteiger partial charge on any atom is 0.417 e. The van der Waals surface area contributed by atoms with Crippen molar-refractivity contribution < 1.29 is 23.9 Å². The summed E-state index contributed by atoms with van der Waals surface area (Å²) in [6.07, 6.45) is 5.52. The average Bonchev–Trinajstić information content (AvgIpc) is 2.65. The summed E-state index contributed by atoms with van der Waals surface area (Å²) in [4.78, 5) is 38.2. The molecule has 1 fully saturated rings. The van der Waals surface area contributed by atoms with Crippen LogP contribution >= 0.6 is 0 Å². The van der Waals surface area contributed by atoms with Crippen LogP contribution in [-0.4, -0.2) is 41.1 Å². The molecule has 1 rings (SSSR count). The van der Waals surface area contributed by atoms with Crippen molar-refractivity contribution in [2.45, 2.75) is 83.3 Å². The largest absolute Gasteiger partial charge is 0.469 e. The van der Waals surface area contributed by atoms with Crippen LogP contribution in [0.3, 0.4) is 0 Å².